The van der Waals surface area contributed by atoms with Gasteiger partial charge in [0.1, 0.15) is 5.15 Å². The predicted octanol–water partition coefficient (Wildman–Crippen LogP) is 3.60. The Balaban J connectivity index is 1.87. The summed E-state index contributed by atoms with van der Waals surface area (Å²) in [6.45, 7) is 0. The number of nitrogens with zero attached hydrogens (tertiary/aromatic N) is 2. The molecule has 0 radical (unpaired) electrons. The van der Waals surface area contributed by atoms with E-state index in [1.165, 1.54) is 0 Å². The Hall–Kier alpha value is -1.98. The van der Waals surface area contributed by atoms with E-state index in [-0.39, 0.29) is 5.91 Å². The molecule has 2 aromatic heterocycles. The van der Waals surface area contributed by atoms with Crippen LogP contribution in [0.4, 0.5) is 5.69 Å². The first kappa shape index (κ1) is 12.1. The first-order chi connectivity index (χ1) is 9.22. The quantitative estimate of drug-likeness (QED) is 0.733. The number of halogens is 1. The molecule has 19 heavy (non-hydrogen) atoms. The molecule has 2 heterocycles. The standard InChI is InChI=1S/C13H8ClN3OS/c14-12-6-9(3-4-15-12)17-13(18)8-1-2-11-10(5-8)16-7-19-11/h1-7H,(H,15,17,18). The summed E-state index contributed by atoms with van der Waals surface area (Å²) in [6, 6.07) is 8.72. The summed E-state index contributed by atoms with van der Waals surface area (Å²) >= 11 is 7.31. The lowest BCUT2D eigenvalue weighted by molar-refractivity contribution is 0.102. The maximum atomic E-state index is 12.1. The molecule has 6 heteroatoms. The second kappa shape index (κ2) is 4.95. The summed E-state index contributed by atoms with van der Waals surface area (Å²) in [5.74, 6) is -0.197. The number of aromatic nitrogens is 2. The van der Waals surface area contributed by atoms with Gasteiger partial charge in [0.05, 0.1) is 15.7 Å². The fourth-order valence-corrected chi connectivity index (χ4v) is 2.52. The Labute approximate surface area is 118 Å². The van der Waals surface area contributed by atoms with Crippen LogP contribution in [-0.4, -0.2) is 15.9 Å². The number of benzene rings is 1. The van der Waals surface area contributed by atoms with Gasteiger partial charge in [0.15, 0.2) is 0 Å². The van der Waals surface area contributed by atoms with Crippen molar-refractivity contribution in [1.29, 1.82) is 0 Å². The lowest BCUT2D eigenvalue weighted by atomic mass is 10.2. The van der Waals surface area contributed by atoms with E-state index >= 15 is 0 Å². The molecule has 0 unspecified atom stereocenters. The van der Waals surface area contributed by atoms with E-state index in [9.17, 15) is 4.79 Å². The summed E-state index contributed by atoms with van der Waals surface area (Å²) in [5.41, 5.74) is 3.76. The molecule has 1 N–H and O–H groups in total. The second-order valence-electron chi connectivity index (χ2n) is 3.86. The molecule has 0 saturated carbocycles. The minimum atomic E-state index is -0.197. The summed E-state index contributed by atoms with van der Waals surface area (Å²) < 4.78 is 1.06. The number of thiazole rings is 1. The molecule has 4 nitrogen and oxygen atoms in total. The highest BCUT2D eigenvalue weighted by molar-refractivity contribution is 7.16. The van der Waals surface area contributed by atoms with Gasteiger partial charge in [0.2, 0.25) is 0 Å². The van der Waals surface area contributed by atoms with Gasteiger partial charge in [-0.15, -0.1) is 11.3 Å². The third kappa shape index (κ3) is 2.57. The van der Waals surface area contributed by atoms with Crippen molar-refractivity contribution in [3.05, 3.63) is 52.8 Å². The van der Waals surface area contributed by atoms with Crippen LogP contribution in [0.1, 0.15) is 10.4 Å². The molecule has 0 atom stereocenters. The Bertz CT molecular complexity index is 756. The van der Waals surface area contributed by atoms with E-state index in [0.29, 0.717) is 16.4 Å². The highest BCUT2D eigenvalue weighted by atomic mass is 35.5. The Morgan fingerprint density at radius 2 is 2.11 bits per heavy atom. The molecular formula is C13H8ClN3OS. The first-order valence-corrected chi connectivity index (χ1v) is 6.74. The highest BCUT2D eigenvalue weighted by Gasteiger charge is 2.08. The topological polar surface area (TPSA) is 54.9 Å². The van der Waals surface area contributed by atoms with Crippen LogP contribution in [0.3, 0.4) is 0 Å². The van der Waals surface area contributed by atoms with Gasteiger partial charge in [-0.2, -0.15) is 0 Å². The van der Waals surface area contributed by atoms with E-state index < -0.39 is 0 Å². The van der Waals surface area contributed by atoms with Gasteiger partial charge in [-0.3, -0.25) is 4.79 Å². The minimum absolute atomic E-state index is 0.197. The van der Waals surface area contributed by atoms with Gasteiger partial charge in [0.25, 0.3) is 5.91 Å². The van der Waals surface area contributed by atoms with Gasteiger partial charge in [-0.1, -0.05) is 11.6 Å². The first-order valence-electron chi connectivity index (χ1n) is 5.48. The van der Waals surface area contributed by atoms with Crippen LogP contribution in [0, 0.1) is 0 Å². The van der Waals surface area contributed by atoms with E-state index in [1.54, 1.807) is 47.3 Å². The number of rotatable bonds is 2. The van der Waals surface area contributed by atoms with Crippen LogP contribution in [0.5, 0.6) is 0 Å². The molecule has 0 saturated heterocycles. The molecule has 3 rings (SSSR count). The fourth-order valence-electron chi connectivity index (χ4n) is 1.68. The average molecular weight is 290 g/mol. The van der Waals surface area contributed by atoms with Crippen molar-refractivity contribution in [2.24, 2.45) is 0 Å². The summed E-state index contributed by atoms with van der Waals surface area (Å²) in [6.07, 6.45) is 1.54. The SMILES string of the molecule is O=C(Nc1ccnc(Cl)c1)c1ccc2scnc2c1. The van der Waals surface area contributed by atoms with Crippen LogP contribution >= 0.6 is 22.9 Å². The third-order valence-electron chi connectivity index (χ3n) is 2.58. The number of carbonyl (C=O) groups is 1. The summed E-state index contributed by atoms with van der Waals surface area (Å²) in [4.78, 5) is 20.1. The van der Waals surface area contributed by atoms with E-state index in [2.05, 4.69) is 15.3 Å². The van der Waals surface area contributed by atoms with Crippen LogP contribution < -0.4 is 5.32 Å². The maximum absolute atomic E-state index is 12.1. The summed E-state index contributed by atoms with van der Waals surface area (Å²) in [7, 11) is 0. The fraction of sp³-hybridized carbons (Fsp3) is 0. The zero-order valence-electron chi connectivity index (χ0n) is 9.63. The van der Waals surface area contributed by atoms with Crippen molar-refractivity contribution in [2.45, 2.75) is 0 Å². The summed E-state index contributed by atoms with van der Waals surface area (Å²) in [5, 5.41) is 3.11. The number of pyridine rings is 1. The number of fused-ring (bicyclic) bond motifs is 1. The Kier molecular flexibility index (Phi) is 3.15. The van der Waals surface area contributed by atoms with Crippen LogP contribution in [0.15, 0.2) is 42.0 Å². The van der Waals surface area contributed by atoms with Crippen molar-refractivity contribution in [3.63, 3.8) is 0 Å². The smallest absolute Gasteiger partial charge is 0.255 e. The molecule has 0 fully saturated rings. The van der Waals surface area contributed by atoms with Crippen LogP contribution in [0.25, 0.3) is 10.2 Å². The number of hydrogen-bond donors (Lipinski definition) is 1. The van der Waals surface area contributed by atoms with Gasteiger partial charge < -0.3 is 5.32 Å². The van der Waals surface area contributed by atoms with E-state index in [1.807, 2.05) is 6.07 Å². The van der Waals surface area contributed by atoms with Gasteiger partial charge in [-0.05, 0) is 30.3 Å². The zero-order chi connectivity index (χ0) is 13.2. The molecule has 94 valence electrons. The number of carbonyl (C=O) groups excluding carboxylic acids is 1. The second-order valence-corrected chi connectivity index (χ2v) is 5.13. The molecule has 3 aromatic rings. The van der Waals surface area contributed by atoms with Crippen molar-refractivity contribution in [3.8, 4) is 0 Å². The minimum Gasteiger partial charge on any atom is -0.322 e. The maximum Gasteiger partial charge on any atom is 0.255 e. The lowest BCUT2D eigenvalue weighted by Crippen LogP contribution is -2.11. The molecule has 0 aliphatic heterocycles. The van der Waals surface area contributed by atoms with Crippen molar-refractivity contribution in [2.75, 3.05) is 5.32 Å². The lowest BCUT2D eigenvalue weighted by Gasteiger charge is -2.05. The zero-order valence-corrected chi connectivity index (χ0v) is 11.2. The largest absolute Gasteiger partial charge is 0.322 e. The molecular weight excluding hydrogens is 282 g/mol. The average Bonchev–Trinajstić information content (AvgIpc) is 2.85. The molecule has 0 spiro atoms. The predicted molar refractivity (Wildman–Crippen MR) is 76.8 cm³/mol. The van der Waals surface area contributed by atoms with Gasteiger partial charge in [0, 0.05) is 17.4 Å². The van der Waals surface area contributed by atoms with Crippen molar-refractivity contribution in [1.82, 2.24) is 9.97 Å². The Morgan fingerprint density at radius 1 is 1.21 bits per heavy atom. The molecule has 1 amide bonds. The Morgan fingerprint density at radius 3 is 2.95 bits per heavy atom. The molecule has 0 aliphatic carbocycles. The van der Waals surface area contributed by atoms with Crippen molar-refractivity contribution < 1.29 is 4.79 Å². The number of nitrogens with one attached hydrogen (secondary N) is 1. The van der Waals surface area contributed by atoms with Gasteiger partial charge >= 0.3 is 0 Å². The number of amides is 1. The normalized spacial score (nSPS) is 10.6. The molecule has 0 aliphatic rings. The van der Waals surface area contributed by atoms with E-state index in [4.69, 9.17) is 11.6 Å². The van der Waals surface area contributed by atoms with Crippen LogP contribution in [-0.2, 0) is 0 Å². The monoisotopic (exact) mass is 289 g/mol. The third-order valence-corrected chi connectivity index (χ3v) is 3.59. The number of anilines is 1. The van der Waals surface area contributed by atoms with Gasteiger partial charge in [-0.25, -0.2) is 9.97 Å². The molecule has 1 aromatic carbocycles. The molecule has 0 bridgehead atoms. The van der Waals surface area contributed by atoms with Crippen molar-refractivity contribution >= 4 is 44.7 Å². The highest BCUT2D eigenvalue weighted by Crippen LogP contribution is 2.20. The van der Waals surface area contributed by atoms with Crippen LogP contribution in [0.2, 0.25) is 5.15 Å². The van der Waals surface area contributed by atoms with E-state index in [0.717, 1.165) is 10.2 Å². The number of hydrogen-bond acceptors (Lipinski definition) is 4.